The van der Waals surface area contributed by atoms with Gasteiger partial charge >= 0.3 is 5.69 Å². The Labute approximate surface area is 126 Å². The minimum absolute atomic E-state index is 0.0116. The van der Waals surface area contributed by atoms with E-state index in [-0.39, 0.29) is 28.5 Å². The molecule has 21 heavy (non-hydrogen) atoms. The molecule has 0 spiro atoms. The van der Waals surface area contributed by atoms with Crippen molar-refractivity contribution in [2.24, 2.45) is 0 Å². The number of hydrogen-bond acceptors (Lipinski definition) is 5. The summed E-state index contributed by atoms with van der Waals surface area (Å²) in [7, 11) is 0. The van der Waals surface area contributed by atoms with Crippen LogP contribution in [-0.2, 0) is 0 Å². The molecule has 0 bridgehead atoms. The summed E-state index contributed by atoms with van der Waals surface area (Å²) in [5, 5.41) is 14.3. The maximum Gasteiger partial charge on any atom is 0.332 e. The normalized spacial score (nSPS) is 20.1. The van der Waals surface area contributed by atoms with Gasteiger partial charge in [-0.25, -0.2) is 4.98 Å². The zero-order chi connectivity index (χ0) is 15.0. The number of rotatable bonds is 4. The molecule has 0 saturated heterocycles. The summed E-state index contributed by atoms with van der Waals surface area (Å²) < 4.78 is 0. The number of anilines is 1. The number of halogens is 1. The van der Waals surface area contributed by atoms with Crippen LogP contribution in [0, 0.1) is 17.0 Å². The van der Waals surface area contributed by atoms with Crippen LogP contribution in [0.5, 0.6) is 0 Å². The van der Waals surface area contributed by atoms with Crippen molar-refractivity contribution in [3.63, 3.8) is 0 Å². The topological polar surface area (TPSA) is 81.0 Å². The maximum absolute atomic E-state index is 11.1. The summed E-state index contributed by atoms with van der Waals surface area (Å²) in [6.45, 7) is 1.55. The Bertz CT molecular complexity index is 693. The van der Waals surface area contributed by atoms with Gasteiger partial charge < -0.3 is 5.32 Å². The summed E-state index contributed by atoms with van der Waals surface area (Å²) in [5.41, 5.74) is 1.37. The zero-order valence-corrected chi connectivity index (χ0v) is 12.0. The highest BCUT2D eigenvalue weighted by molar-refractivity contribution is 6.28. The van der Waals surface area contributed by atoms with E-state index < -0.39 is 4.92 Å². The fourth-order valence-corrected chi connectivity index (χ4v) is 2.66. The minimum Gasteiger partial charge on any atom is -0.361 e. The first kappa shape index (κ1) is 13.8. The van der Waals surface area contributed by atoms with Gasteiger partial charge in [0.2, 0.25) is 11.1 Å². The largest absolute Gasteiger partial charge is 0.361 e. The van der Waals surface area contributed by atoms with E-state index in [9.17, 15) is 10.1 Å². The van der Waals surface area contributed by atoms with Gasteiger partial charge in [0, 0.05) is 12.0 Å². The number of benzene rings is 1. The monoisotopic (exact) mass is 304 g/mol. The quantitative estimate of drug-likeness (QED) is 0.532. The van der Waals surface area contributed by atoms with Crippen molar-refractivity contribution in [3.8, 4) is 0 Å². The van der Waals surface area contributed by atoms with E-state index >= 15 is 0 Å². The average Bonchev–Trinajstić information content (AvgIpc) is 3.17. The van der Waals surface area contributed by atoms with Gasteiger partial charge in [-0.1, -0.05) is 30.3 Å². The van der Waals surface area contributed by atoms with Crippen LogP contribution < -0.4 is 5.32 Å². The number of aryl methyl sites for hydroxylation is 1. The molecule has 0 amide bonds. The second kappa shape index (κ2) is 5.29. The highest BCUT2D eigenvalue weighted by atomic mass is 35.5. The lowest BCUT2D eigenvalue weighted by molar-refractivity contribution is -0.385. The van der Waals surface area contributed by atoms with Crippen LogP contribution in [-0.4, -0.2) is 20.9 Å². The molecule has 1 aromatic heterocycles. The Morgan fingerprint density at radius 3 is 2.71 bits per heavy atom. The van der Waals surface area contributed by atoms with Crippen molar-refractivity contribution in [3.05, 3.63) is 57.0 Å². The zero-order valence-electron chi connectivity index (χ0n) is 11.3. The molecule has 6 nitrogen and oxygen atoms in total. The Kier molecular flexibility index (Phi) is 3.47. The third-order valence-corrected chi connectivity index (χ3v) is 3.72. The fourth-order valence-electron chi connectivity index (χ4n) is 2.45. The molecule has 2 unspecified atom stereocenters. The molecule has 1 heterocycles. The van der Waals surface area contributed by atoms with Crippen LogP contribution in [0.1, 0.15) is 23.6 Å². The van der Waals surface area contributed by atoms with Crippen LogP contribution in [0.2, 0.25) is 5.28 Å². The summed E-state index contributed by atoms with van der Waals surface area (Å²) >= 11 is 5.80. The van der Waals surface area contributed by atoms with E-state index in [0.717, 1.165) is 6.42 Å². The van der Waals surface area contributed by atoms with Crippen molar-refractivity contribution in [1.82, 2.24) is 9.97 Å². The van der Waals surface area contributed by atoms with E-state index in [1.165, 1.54) is 5.56 Å². The van der Waals surface area contributed by atoms with Crippen molar-refractivity contribution >= 4 is 23.1 Å². The van der Waals surface area contributed by atoms with Crippen molar-refractivity contribution < 1.29 is 4.92 Å². The average molecular weight is 305 g/mol. The molecular formula is C14H13ClN4O2. The van der Waals surface area contributed by atoms with Gasteiger partial charge in [-0.3, -0.25) is 10.1 Å². The first-order chi connectivity index (χ1) is 10.1. The molecule has 3 rings (SSSR count). The summed E-state index contributed by atoms with van der Waals surface area (Å²) in [6.07, 6.45) is 0.918. The molecule has 1 saturated carbocycles. The maximum atomic E-state index is 11.1. The Balaban J connectivity index is 1.82. The van der Waals surface area contributed by atoms with Gasteiger partial charge in [0.1, 0.15) is 5.69 Å². The predicted molar refractivity (Wildman–Crippen MR) is 79.6 cm³/mol. The van der Waals surface area contributed by atoms with Crippen molar-refractivity contribution in [1.29, 1.82) is 0 Å². The van der Waals surface area contributed by atoms with Gasteiger partial charge in [0.25, 0.3) is 0 Å². The number of nitrogens with one attached hydrogen (secondary N) is 1. The number of nitro groups is 1. The fraction of sp³-hybridized carbons (Fsp3) is 0.286. The standard InChI is InChI=1S/C14H13ClN4O2/c1-8-12(19(20)21)13(18-14(15)16-8)17-11-7-10(11)9-5-3-2-4-6-9/h2-6,10-11H,7H2,1H3,(H,16,17,18). The van der Waals surface area contributed by atoms with Gasteiger partial charge in [0.15, 0.2) is 0 Å². The van der Waals surface area contributed by atoms with E-state index in [4.69, 9.17) is 11.6 Å². The molecule has 1 aromatic carbocycles. The molecule has 1 N–H and O–H groups in total. The van der Waals surface area contributed by atoms with Gasteiger partial charge in [-0.2, -0.15) is 4.98 Å². The van der Waals surface area contributed by atoms with Crippen LogP contribution in [0.3, 0.4) is 0 Å². The molecule has 0 aliphatic heterocycles. The van der Waals surface area contributed by atoms with Crippen LogP contribution >= 0.6 is 11.6 Å². The van der Waals surface area contributed by atoms with Crippen molar-refractivity contribution in [2.45, 2.75) is 25.3 Å². The van der Waals surface area contributed by atoms with E-state index in [2.05, 4.69) is 27.4 Å². The molecule has 108 valence electrons. The Morgan fingerprint density at radius 2 is 2.05 bits per heavy atom. The summed E-state index contributed by atoms with van der Waals surface area (Å²) in [5.74, 6) is 0.542. The number of nitrogens with zero attached hydrogens (tertiary/aromatic N) is 3. The molecule has 7 heteroatoms. The van der Waals surface area contributed by atoms with E-state index in [1.54, 1.807) is 6.92 Å². The molecular weight excluding hydrogens is 292 g/mol. The van der Waals surface area contributed by atoms with E-state index in [1.807, 2.05) is 18.2 Å². The minimum atomic E-state index is -0.478. The van der Waals surface area contributed by atoms with Gasteiger partial charge in [-0.05, 0) is 30.5 Å². The first-order valence-corrected chi connectivity index (χ1v) is 6.94. The van der Waals surface area contributed by atoms with Gasteiger partial charge in [0.05, 0.1) is 4.92 Å². The predicted octanol–water partition coefficient (Wildman–Crippen LogP) is 3.31. The Hall–Kier alpha value is -2.21. The molecule has 0 radical (unpaired) electrons. The second-order valence-electron chi connectivity index (χ2n) is 5.04. The SMILES string of the molecule is Cc1nc(Cl)nc(NC2CC2c2ccccc2)c1[N+](=O)[O-]. The number of hydrogen-bond donors (Lipinski definition) is 1. The lowest BCUT2D eigenvalue weighted by Crippen LogP contribution is -2.10. The molecule has 1 aliphatic carbocycles. The van der Waals surface area contributed by atoms with E-state index in [0.29, 0.717) is 5.92 Å². The van der Waals surface area contributed by atoms with Gasteiger partial charge in [-0.15, -0.1) is 0 Å². The highest BCUT2D eigenvalue weighted by Crippen LogP contribution is 2.43. The lowest BCUT2D eigenvalue weighted by atomic mass is 10.1. The number of aromatic nitrogens is 2. The smallest absolute Gasteiger partial charge is 0.332 e. The Morgan fingerprint density at radius 1 is 1.33 bits per heavy atom. The molecule has 1 aliphatic rings. The third-order valence-electron chi connectivity index (χ3n) is 3.55. The molecule has 1 fully saturated rings. The highest BCUT2D eigenvalue weighted by Gasteiger charge is 2.40. The second-order valence-corrected chi connectivity index (χ2v) is 5.37. The lowest BCUT2D eigenvalue weighted by Gasteiger charge is -2.07. The molecule has 2 atom stereocenters. The molecule has 2 aromatic rings. The summed E-state index contributed by atoms with van der Waals surface area (Å²) in [4.78, 5) is 18.5. The van der Waals surface area contributed by atoms with Crippen LogP contribution in [0.15, 0.2) is 30.3 Å². The third kappa shape index (κ3) is 2.80. The summed E-state index contributed by atoms with van der Waals surface area (Å²) in [6, 6.07) is 10.2. The first-order valence-electron chi connectivity index (χ1n) is 6.56. The van der Waals surface area contributed by atoms with Crippen LogP contribution in [0.25, 0.3) is 0 Å². The van der Waals surface area contributed by atoms with Crippen molar-refractivity contribution in [2.75, 3.05) is 5.32 Å². The van der Waals surface area contributed by atoms with Crippen LogP contribution in [0.4, 0.5) is 11.5 Å².